The Bertz CT molecular complexity index is 466. The van der Waals surface area contributed by atoms with Gasteiger partial charge in [0.25, 0.3) is 0 Å². The highest BCUT2D eigenvalue weighted by molar-refractivity contribution is 8.13. The van der Waals surface area contributed by atoms with Crippen LogP contribution < -0.4 is 10.6 Å². The van der Waals surface area contributed by atoms with Crippen molar-refractivity contribution in [2.45, 2.75) is 12.7 Å². The molecule has 0 aromatic carbocycles. The molecule has 0 aliphatic carbocycles. The first kappa shape index (κ1) is 12.2. The predicted octanol–water partition coefficient (Wildman–Crippen LogP) is 1.79. The van der Waals surface area contributed by atoms with Crippen molar-refractivity contribution in [3.05, 3.63) is 35.4 Å². The summed E-state index contributed by atoms with van der Waals surface area (Å²) in [5.41, 5.74) is 1.56. The first-order valence-electron chi connectivity index (χ1n) is 5.11. The largest absolute Gasteiger partial charge is 0.468 e. The summed E-state index contributed by atoms with van der Waals surface area (Å²) in [7, 11) is 0. The summed E-state index contributed by atoms with van der Waals surface area (Å²) >= 11 is 6.19. The molecule has 0 amide bonds. The summed E-state index contributed by atoms with van der Waals surface area (Å²) in [6, 6.07) is 3.67. The van der Waals surface area contributed by atoms with E-state index in [0.29, 0.717) is 17.4 Å². The quantitative estimate of drug-likeness (QED) is 0.815. The molecule has 2 heterocycles. The molecule has 1 aliphatic rings. The molecule has 1 aromatic heterocycles. The van der Waals surface area contributed by atoms with Crippen molar-refractivity contribution >= 4 is 34.2 Å². The van der Waals surface area contributed by atoms with Gasteiger partial charge in [-0.25, -0.2) is 0 Å². The van der Waals surface area contributed by atoms with Gasteiger partial charge < -0.3 is 15.1 Å². The number of nitrogens with one attached hydrogen (secondary N) is 2. The van der Waals surface area contributed by atoms with Crippen molar-refractivity contribution in [1.29, 1.82) is 0 Å². The smallest absolute Gasteiger partial charge is 0.219 e. The van der Waals surface area contributed by atoms with Crippen molar-refractivity contribution in [2.75, 3.05) is 6.54 Å². The molecule has 90 valence electrons. The second kappa shape index (κ2) is 5.37. The fourth-order valence-electron chi connectivity index (χ4n) is 1.43. The fourth-order valence-corrected chi connectivity index (χ4v) is 2.50. The average molecular weight is 268 g/mol. The molecule has 0 atom stereocenters. The van der Waals surface area contributed by atoms with Crippen molar-refractivity contribution in [3.63, 3.8) is 0 Å². The first-order chi connectivity index (χ1) is 8.16. The molecule has 6 heteroatoms. The van der Waals surface area contributed by atoms with Crippen LogP contribution in [0.15, 0.2) is 34.1 Å². The summed E-state index contributed by atoms with van der Waals surface area (Å²) in [5, 5.41) is 6.50. The third kappa shape index (κ3) is 3.10. The lowest BCUT2D eigenvalue weighted by atomic mass is 10.2. The monoisotopic (exact) mass is 268 g/mol. The Balaban J connectivity index is 1.96. The Kier molecular flexibility index (Phi) is 3.86. The maximum absolute atomic E-state index is 12.0. The number of thioether (sulfide) groups is 1. The predicted molar refractivity (Wildman–Crippen MR) is 71.4 cm³/mol. The molecule has 0 fully saturated rings. The normalized spacial score (nSPS) is 15.5. The molecule has 4 nitrogen and oxygen atoms in total. The summed E-state index contributed by atoms with van der Waals surface area (Å²) in [6.07, 6.45) is 1.60. The molecule has 2 N–H and O–H groups in total. The highest BCUT2D eigenvalue weighted by atomic mass is 32.2. The van der Waals surface area contributed by atoms with Crippen LogP contribution in [0.5, 0.6) is 0 Å². The van der Waals surface area contributed by atoms with Crippen LogP contribution in [0.2, 0.25) is 0 Å². The minimum absolute atomic E-state index is 0.0430. The number of allylic oxidation sites excluding steroid dienone is 1. The third-order valence-corrected chi connectivity index (χ3v) is 3.54. The molecule has 0 saturated carbocycles. The Morgan fingerprint density at radius 3 is 3.12 bits per heavy atom. The van der Waals surface area contributed by atoms with Crippen LogP contribution >= 0.6 is 24.0 Å². The lowest BCUT2D eigenvalue weighted by Crippen LogP contribution is -2.42. The summed E-state index contributed by atoms with van der Waals surface area (Å²) < 4.78 is 5.17. The zero-order valence-electron chi connectivity index (χ0n) is 9.28. The first-order valence-corrected chi connectivity index (χ1v) is 6.50. The third-order valence-electron chi connectivity index (χ3n) is 2.35. The van der Waals surface area contributed by atoms with Gasteiger partial charge >= 0.3 is 0 Å². The lowest BCUT2D eigenvalue weighted by molar-refractivity contribution is -0.108. The molecular formula is C11H12N2O2S2. The van der Waals surface area contributed by atoms with E-state index in [4.69, 9.17) is 16.6 Å². The van der Waals surface area contributed by atoms with E-state index in [2.05, 4.69) is 10.6 Å². The van der Waals surface area contributed by atoms with E-state index < -0.39 is 0 Å². The standard InChI is InChI=1S/C11H12N2O2S2/c1-7-9(5-12-11(16)13-7)10(14)17-6-8-3-2-4-15-8/h2-4H,5-6H2,1H3,(H2,12,13,16). The van der Waals surface area contributed by atoms with Gasteiger partial charge in [-0.05, 0) is 31.3 Å². The van der Waals surface area contributed by atoms with Gasteiger partial charge in [-0.15, -0.1) is 0 Å². The Morgan fingerprint density at radius 2 is 2.47 bits per heavy atom. The second-order valence-corrected chi connectivity index (χ2v) is 4.92. The van der Waals surface area contributed by atoms with Crippen molar-refractivity contribution < 1.29 is 9.21 Å². The van der Waals surface area contributed by atoms with E-state index in [9.17, 15) is 4.79 Å². The van der Waals surface area contributed by atoms with Crippen LogP contribution in [0, 0.1) is 0 Å². The molecule has 2 rings (SSSR count). The minimum atomic E-state index is 0.0430. The van der Waals surface area contributed by atoms with Gasteiger partial charge in [0.1, 0.15) is 5.76 Å². The van der Waals surface area contributed by atoms with E-state index in [1.54, 1.807) is 6.26 Å². The highest BCUT2D eigenvalue weighted by Gasteiger charge is 2.18. The molecule has 0 bridgehead atoms. The van der Waals surface area contributed by atoms with Gasteiger partial charge in [0.2, 0.25) is 5.12 Å². The number of carbonyl (C=O) groups is 1. The van der Waals surface area contributed by atoms with Crippen LogP contribution in [0.4, 0.5) is 0 Å². The van der Waals surface area contributed by atoms with E-state index in [1.807, 2.05) is 19.1 Å². The number of hydrogen-bond acceptors (Lipinski definition) is 4. The van der Waals surface area contributed by atoms with Crippen LogP contribution in [-0.4, -0.2) is 16.8 Å². The van der Waals surface area contributed by atoms with Crippen molar-refractivity contribution in [1.82, 2.24) is 10.6 Å². The number of hydrogen-bond donors (Lipinski definition) is 2. The SMILES string of the molecule is CC1=C(C(=O)SCc2ccco2)CNC(=S)N1. The maximum Gasteiger partial charge on any atom is 0.219 e. The van der Waals surface area contributed by atoms with E-state index in [1.165, 1.54) is 11.8 Å². The van der Waals surface area contributed by atoms with E-state index >= 15 is 0 Å². The Labute approximate surface area is 109 Å². The van der Waals surface area contributed by atoms with Gasteiger partial charge in [-0.2, -0.15) is 0 Å². The minimum Gasteiger partial charge on any atom is -0.468 e. The molecule has 0 spiro atoms. The topological polar surface area (TPSA) is 54.3 Å². The summed E-state index contributed by atoms with van der Waals surface area (Å²) in [5.74, 6) is 1.35. The van der Waals surface area contributed by atoms with Crippen LogP contribution in [-0.2, 0) is 10.5 Å². The highest BCUT2D eigenvalue weighted by Crippen LogP contribution is 2.19. The molecule has 0 radical (unpaired) electrons. The lowest BCUT2D eigenvalue weighted by Gasteiger charge is -2.20. The molecule has 1 aromatic rings. The number of carbonyl (C=O) groups excluding carboxylic acids is 1. The van der Waals surface area contributed by atoms with Gasteiger partial charge in [-0.1, -0.05) is 11.8 Å². The van der Waals surface area contributed by atoms with Gasteiger partial charge in [-0.3, -0.25) is 4.79 Å². The molecule has 1 aliphatic heterocycles. The summed E-state index contributed by atoms with van der Waals surface area (Å²) in [4.78, 5) is 12.0. The van der Waals surface area contributed by atoms with Crippen LogP contribution in [0.3, 0.4) is 0 Å². The summed E-state index contributed by atoms with van der Waals surface area (Å²) in [6.45, 7) is 2.34. The molecule has 0 unspecified atom stereocenters. The van der Waals surface area contributed by atoms with Crippen molar-refractivity contribution in [2.24, 2.45) is 0 Å². The number of thiocarbonyl (C=S) groups is 1. The molecule has 17 heavy (non-hydrogen) atoms. The van der Waals surface area contributed by atoms with Crippen molar-refractivity contribution in [3.8, 4) is 0 Å². The Morgan fingerprint density at radius 1 is 1.65 bits per heavy atom. The molecular weight excluding hydrogens is 256 g/mol. The number of furan rings is 1. The van der Waals surface area contributed by atoms with Crippen LogP contribution in [0.1, 0.15) is 12.7 Å². The fraction of sp³-hybridized carbons (Fsp3) is 0.273. The zero-order chi connectivity index (χ0) is 12.3. The van der Waals surface area contributed by atoms with Gasteiger partial charge in [0, 0.05) is 17.8 Å². The second-order valence-electron chi connectivity index (χ2n) is 3.57. The van der Waals surface area contributed by atoms with E-state index in [0.717, 1.165) is 17.0 Å². The maximum atomic E-state index is 12.0. The average Bonchev–Trinajstić information content (AvgIpc) is 2.78. The van der Waals surface area contributed by atoms with E-state index in [-0.39, 0.29) is 5.12 Å². The Hall–Kier alpha value is -1.27. The van der Waals surface area contributed by atoms with Gasteiger partial charge in [0.05, 0.1) is 12.0 Å². The zero-order valence-corrected chi connectivity index (χ0v) is 10.9. The molecule has 0 saturated heterocycles. The van der Waals surface area contributed by atoms with Crippen LogP contribution in [0.25, 0.3) is 0 Å². The van der Waals surface area contributed by atoms with Gasteiger partial charge in [0.15, 0.2) is 5.11 Å². The number of rotatable bonds is 3.